The van der Waals surface area contributed by atoms with Crippen LogP contribution in [0.1, 0.15) is 35.7 Å². The summed E-state index contributed by atoms with van der Waals surface area (Å²) in [5.74, 6) is -1.29. The van der Waals surface area contributed by atoms with Crippen molar-refractivity contribution in [3.05, 3.63) is 71.0 Å². The molecule has 0 bridgehead atoms. The molecule has 1 aliphatic heterocycles. The van der Waals surface area contributed by atoms with Crippen LogP contribution in [0.5, 0.6) is 0 Å². The number of aromatic nitrogens is 1. The lowest BCUT2D eigenvalue weighted by Crippen LogP contribution is -2.42. The van der Waals surface area contributed by atoms with Gasteiger partial charge in [-0.05, 0) is 57.0 Å². The lowest BCUT2D eigenvalue weighted by molar-refractivity contribution is -0.122. The largest absolute Gasteiger partial charge is 0.462 e. The third kappa shape index (κ3) is 5.35. The van der Waals surface area contributed by atoms with E-state index >= 15 is 0 Å². The lowest BCUT2D eigenvalue weighted by Gasteiger charge is -2.30. The van der Waals surface area contributed by atoms with Crippen molar-refractivity contribution < 1.29 is 22.7 Å². The van der Waals surface area contributed by atoms with Crippen molar-refractivity contribution in [3.63, 3.8) is 0 Å². The van der Waals surface area contributed by atoms with Crippen LogP contribution in [0.2, 0.25) is 0 Å². The molecule has 4 rings (SSSR count). The van der Waals surface area contributed by atoms with E-state index < -0.39 is 21.9 Å². The maximum absolute atomic E-state index is 13.2. The van der Waals surface area contributed by atoms with Gasteiger partial charge in [0.25, 0.3) is 5.91 Å². The number of ether oxygens (including phenoxy) is 1. The van der Waals surface area contributed by atoms with E-state index in [1.165, 1.54) is 15.6 Å². The zero-order valence-electron chi connectivity index (χ0n) is 20.3. The van der Waals surface area contributed by atoms with Gasteiger partial charge in [-0.25, -0.2) is 13.2 Å². The summed E-state index contributed by atoms with van der Waals surface area (Å²) < 4.78 is 35.4. The molecule has 190 valence electrons. The highest BCUT2D eigenvalue weighted by Crippen LogP contribution is 2.25. The van der Waals surface area contributed by atoms with Gasteiger partial charge in [0.1, 0.15) is 0 Å². The average Bonchev–Trinajstić information content (AvgIpc) is 3.20. The summed E-state index contributed by atoms with van der Waals surface area (Å²) >= 11 is 1.30. The molecule has 1 aromatic heterocycles. The minimum absolute atomic E-state index is 0.0951. The van der Waals surface area contributed by atoms with E-state index in [9.17, 15) is 18.0 Å². The molecule has 0 spiro atoms. The molecule has 10 heteroatoms. The molecule has 1 fully saturated rings. The van der Waals surface area contributed by atoms with E-state index in [4.69, 9.17) is 4.74 Å². The molecular formula is C26H29N3O5S2. The lowest BCUT2D eigenvalue weighted by atomic mass is 9.99. The van der Waals surface area contributed by atoms with Crippen LogP contribution in [-0.2, 0) is 26.1 Å². The molecule has 36 heavy (non-hydrogen) atoms. The van der Waals surface area contributed by atoms with Crippen molar-refractivity contribution in [2.45, 2.75) is 38.1 Å². The molecule has 1 atom stereocenters. The molecule has 0 aliphatic carbocycles. The Kier molecular flexibility index (Phi) is 7.87. The van der Waals surface area contributed by atoms with E-state index in [2.05, 4.69) is 11.6 Å². The first kappa shape index (κ1) is 26.0. The molecule has 0 radical (unpaired) electrons. The van der Waals surface area contributed by atoms with Crippen LogP contribution in [0.15, 0.2) is 65.0 Å². The van der Waals surface area contributed by atoms with Crippen molar-refractivity contribution in [3.8, 4) is 0 Å². The standard InChI is InChI=1S/C26H29N3O5S2/c1-4-14-29-22-13-10-19(25(31)34-5-2)16-23(22)35-26(29)27-24(30)20-7-6-15-28(17-20)36(32,33)21-11-8-18(3)9-12-21/h4,8-13,16,20H,1,5-7,14-15,17H2,2-3H3. The average molecular weight is 528 g/mol. The molecule has 0 N–H and O–H groups in total. The van der Waals surface area contributed by atoms with Crippen LogP contribution < -0.4 is 4.80 Å². The van der Waals surface area contributed by atoms with Crippen LogP contribution >= 0.6 is 11.3 Å². The first-order chi connectivity index (χ1) is 17.2. The third-order valence-electron chi connectivity index (χ3n) is 6.10. The van der Waals surface area contributed by atoms with E-state index in [1.54, 1.807) is 49.4 Å². The van der Waals surface area contributed by atoms with Gasteiger partial charge in [0.05, 0.1) is 33.2 Å². The number of esters is 1. The molecular weight excluding hydrogens is 498 g/mol. The molecule has 2 aromatic carbocycles. The normalized spacial score (nSPS) is 17.3. The van der Waals surface area contributed by atoms with Crippen molar-refractivity contribution >= 4 is 43.5 Å². The van der Waals surface area contributed by atoms with Crippen LogP contribution in [-0.4, -0.2) is 48.9 Å². The molecule has 0 saturated carbocycles. The summed E-state index contributed by atoms with van der Waals surface area (Å²) in [6, 6.07) is 12.0. The molecule has 1 amide bonds. The highest BCUT2D eigenvalue weighted by atomic mass is 32.2. The number of carbonyl (C=O) groups is 2. The van der Waals surface area contributed by atoms with Crippen molar-refractivity contribution in [1.82, 2.24) is 8.87 Å². The smallest absolute Gasteiger partial charge is 0.338 e. The highest BCUT2D eigenvalue weighted by molar-refractivity contribution is 7.89. The quantitative estimate of drug-likeness (QED) is 0.343. The Bertz CT molecular complexity index is 1470. The van der Waals surface area contributed by atoms with E-state index in [0.717, 1.165) is 15.8 Å². The van der Waals surface area contributed by atoms with Gasteiger partial charge in [-0.15, -0.1) is 6.58 Å². The van der Waals surface area contributed by atoms with E-state index in [-0.39, 0.29) is 24.0 Å². The number of allylic oxidation sites excluding steroid dienone is 1. The first-order valence-electron chi connectivity index (χ1n) is 11.8. The summed E-state index contributed by atoms with van der Waals surface area (Å²) in [6.45, 7) is 8.64. The summed E-state index contributed by atoms with van der Waals surface area (Å²) in [4.78, 5) is 30.5. The molecule has 8 nitrogen and oxygen atoms in total. The van der Waals surface area contributed by atoms with Gasteiger partial charge in [-0.3, -0.25) is 4.79 Å². The van der Waals surface area contributed by atoms with Crippen LogP contribution in [0, 0.1) is 12.8 Å². The van der Waals surface area contributed by atoms with Gasteiger partial charge < -0.3 is 9.30 Å². The fraction of sp³-hybridized carbons (Fsp3) is 0.346. The Morgan fingerprint density at radius 1 is 1.22 bits per heavy atom. The van der Waals surface area contributed by atoms with Gasteiger partial charge >= 0.3 is 5.97 Å². The van der Waals surface area contributed by atoms with Gasteiger partial charge in [-0.1, -0.05) is 35.1 Å². The molecule has 1 saturated heterocycles. The maximum Gasteiger partial charge on any atom is 0.338 e. The topological polar surface area (TPSA) is 98.0 Å². The number of benzene rings is 2. The third-order valence-corrected chi connectivity index (χ3v) is 9.02. The summed E-state index contributed by atoms with van der Waals surface area (Å²) in [5, 5.41) is 0. The Labute approximate surface area is 214 Å². The Hall–Kier alpha value is -3.08. The second-order valence-corrected chi connectivity index (χ2v) is 11.6. The first-order valence-corrected chi connectivity index (χ1v) is 14.1. The highest BCUT2D eigenvalue weighted by Gasteiger charge is 2.33. The van der Waals surface area contributed by atoms with E-state index in [1.807, 2.05) is 17.6 Å². The number of hydrogen-bond donors (Lipinski definition) is 0. The number of sulfonamides is 1. The van der Waals surface area contributed by atoms with Gasteiger partial charge in [0.2, 0.25) is 10.0 Å². The van der Waals surface area contributed by atoms with Crippen LogP contribution in [0.4, 0.5) is 0 Å². The fourth-order valence-corrected chi connectivity index (χ4v) is 6.82. The van der Waals surface area contributed by atoms with Gasteiger partial charge in [0, 0.05) is 19.6 Å². The number of piperidine rings is 1. The summed E-state index contributed by atoms with van der Waals surface area (Å²) in [5.41, 5.74) is 2.23. The Balaban J connectivity index is 1.63. The minimum Gasteiger partial charge on any atom is -0.462 e. The number of carbonyl (C=O) groups excluding carboxylic acids is 2. The predicted molar refractivity (Wildman–Crippen MR) is 139 cm³/mol. The van der Waals surface area contributed by atoms with Crippen molar-refractivity contribution in [1.29, 1.82) is 0 Å². The SMILES string of the molecule is C=CCn1c(=NC(=O)C2CCCN(S(=O)(=O)c3ccc(C)cc3)C2)sc2cc(C(=O)OCC)ccc21. The zero-order chi connectivity index (χ0) is 25.9. The van der Waals surface area contributed by atoms with Gasteiger partial charge in [0.15, 0.2) is 4.80 Å². The Morgan fingerprint density at radius 3 is 2.67 bits per heavy atom. The predicted octanol–water partition coefficient (Wildman–Crippen LogP) is 3.90. The summed E-state index contributed by atoms with van der Waals surface area (Å²) in [7, 11) is -3.69. The molecule has 3 aromatic rings. The number of amides is 1. The maximum atomic E-state index is 13.2. The van der Waals surface area contributed by atoms with Crippen molar-refractivity contribution in [2.24, 2.45) is 10.9 Å². The fourth-order valence-electron chi connectivity index (χ4n) is 4.21. The number of thiazole rings is 1. The number of hydrogen-bond acceptors (Lipinski definition) is 6. The number of fused-ring (bicyclic) bond motifs is 1. The molecule has 1 aliphatic rings. The number of rotatable bonds is 7. The minimum atomic E-state index is -3.69. The monoisotopic (exact) mass is 527 g/mol. The molecule has 1 unspecified atom stereocenters. The molecule has 2 heterocycles. The second kappa shape index (κ2) is 10.9. The van der Waals surface area contributed by atoms with Gasteiger partial charge in [-0.2, -0.15) is 9.30 Å². The second-order valence-electron chi connectivity index (χ2n) is 8.65. The van der Waals surface area contributed by atoms with Crippen LogP contribution in [0.3, 0.4) is 0 Å². The summed E-state index contributed by atoms with van der Waals surface area (Å²) in [6.07, 6.45) is 2.87. The Morgan fingerprint density at radius 2 is 1.97 bits per heavy atom. The van der Waals surface area contributed by atoms with Crippen molar-refractivity contribution in [2.75, 3.05) is 19.7 Å². The number of aryl methyl sites for hydroxylation is 1. The van der Waals surface area contributed by atoms with E-state index in [0.29, 0.717) is 36.3 Å². The van der Waals surface area contributed by atoms with Crippen LogP contribution in [0.25, 0.3) is 10.2 Å². The number of nitrogens with zero attached hydrogens (tertiary/aromatic N) is 3. The zero-order valence-corrected chi connectivity index (χ0v) is 22.0.